The first-order valence-electron chi connectivity index (χ1n) is 6.40. The zero-order valence-corrected chi connectivity index (χ0v) is 12.1. The summed E-state index contributed by atoms with van der Waals surface area (Å²) in [6.45, 7) is 7.06. The molecule has 1 aromatic rings. The maximum absolute atomic E-state index is 11.2. The maximum Gasteiger partial charge on any atom is 0.336 e. The number of anilines is 1. The molecule has 21 heavy (non-hydrogen) atoms. The number of amides is 1. The van der Waals surface area contributed by atoms with Gasteiger partial charge in [0.05, 0.1) is 17.9 Å². The molecule has 0 aliphatic carbocycles. The summed E-state index contributed by atoms with van der Waals surface area (Å²) >= 11 is 0. The van der Waals surface area contributed by atoms with Crippen molar-refractivity contribution in [3.63, 3.8) is 0 Å². The summed E-state index contributed by atoms with van der Waals surface area (Å²) in [7, 11) is 0. The molecule has 0 aliphatic heterocycles. The molecule has 0 radical (unpaired) electrons. The van der Waals surface area contributed by atoms with Gasteiger partial charge in [-0.05, 0) is 31.0 Å². The topological polar surface area (TPSA) is 84.9 Å². The number of nitrogens with one attached hydrogen (secondary N) is 1. The molecule has 1 amide bonds. The highest BCUT2D eigenvalue weighted by Gasteiger charge is 2.11. The smallest absolute Gasteiger partial charge is 0.336 e. The van der Waals surface area contributed by atoms with Crippen LogP contribution >= 0.6 is 0 Å². The van der Waals surface area contributed by atoms with Crippen molar-refractivity contribution >= 4 is 17.6 Å². The number of carbonyl (C=O) groups excluding carboxylic acids is 1. The Morgan fingerprint density at radius 3 is 2.62 bits per heavy atom. The fraction of sp³-hybridized carbons (Fsp3) is 0.333. The monoisotopic (exact) mass is 293 g/mol. The predicted molar refractivity (Wildman–Crippen MR) is 78.1 cm³/mol. The zero-order chi connectivity index (χ0) is 15.8. The van der Waals surface area contributed by atoms with Crippen molar-refractivity contribution in [1.82, 2.24) is 0 Å². The van der Waals surface area contributed by atoms with E-state index in [2.05, 4.69) is 11.9 Å². The summed E-state index contributed by atoms with van der Waals surface area (Å²) < 4.78 is 10.3. The van der Waals surface area contributed by atoms with E-state index in [4.69, 9.17) is 9.47 Å². The lowest BCUT2D eigenvalue weighted by molar-refractivity contribution is -0.114. The lowest BCUT2D eigenvalue weighted by Crippen LogP contribution is -2.10. The zero-order valence-electron chi connectivity index (χ0n) is 12.1. The van der Waals surface area contributed by atoms with Gasteiger partial charge in [0.15, 0.2) is 6.79 Å². The van der Waals surface area contributed by atoms with Crippen LogP contribution in [0.4, 0.5) is 5.69 Å². The molecule has 0 bridgehead atoms. The van der Waals surface area contributed by atoms with Gasteiger partial charge >= 0.3 is 5.97 Å². The molecule has 0 aromatic heterocycles. The first-order valence-corrected chi connectivity index (χ1v) is 6.40. The highest BCUT2D eigenvalue weighted by Crippen LogP contribution is 2.17. The van der Waals surface area contributed by atoms with Gasteiger partial charge in [0.2, 0.25) is 5.91 Å². The molecule has 114 valence electrons. The standard InChI is InChI=1S/C15H19NO5/c1-10(2)21-9-20-7-6-12-4-5-13(16-11(3)17)8-14(12)15(18)19/h4-5,8H,1,6-7,9H2,2-3H3,(H,16,17)(H,18,19). The Hall–Kier alpha value is -2.34. The molecule has 0 atom stereocenters. The summed E-state index contributed by atoms with van der Waals surface area (Å²) in [4.78, 5) is 22.2. The van der Waals surface area contributed by atoms with Gasteiger partial charge in [0.1, 0.15) is 0 Å². The van der Waals surface area contributed by atoms with Gasteiger partial charge in [-0.1, -0.05) is 12.6 Å². The largest absolute Gasteiger partial charge is 0.478 e. The molecule has 0 saturated carbocycles. The quantitative estimate of drug-likeness (QED) is 0.437. The molecule has 1 aromatic carbocycles. The minimum absolute atomic E-state index is 0.0850. The molecular weight excluding hydrogens is 274 g/mol. The van der Waals surface area contributed by atoms with Crippen LogP contribution < -0.4 is 5.32 Å². The van der Waals surface area contributed by atoms with Crippen LogP contribution in [0.2, 0.25) is 0 Å². The number of ether oxygens (including phenoxy) is 2. The molecule has 0 saturated heterocycles. The summed E-state index contributed by atoms with van der Waals surface area (Å²) in [6, 6.07) is 4.76. The number of benzene rings is 1. The summed E-state index contributed by atoms with van der Waals surface area (Å²) in [6.07, 6.45) is 0.432. The van der Waals surface area contributed by atoms with Gasteiger partial charge < -0.3 is 19.9 Å². The second-order valence-electron chi connectivity index (χ2n) is 4.48. The van der Waals surface area contributed by atoms with E-state index in [0.29, 0.717) is 30.0 Å². The highest BCUT2D eigenvalue weighted by atomic mass is 16.7. The average Bonchev–Trinajstić information content (AvgIpc) is 2.38. The Morgan fingerprint density at radius 1 is 1.33 bits per heavy atom. The highest BCUT2D eigenvalue weighted by molar-refractivity contribution is 5.94. The van der Waals surface area contributed by atoms with E-state index in [1.54, 1.807) is 19.1 Å². The first kappa shape index (κ1) is 16.7. The lowest BCUT2D eigenvalue weighted by Gasteiger charge is -2.10. The number of carboxylic acid groups (broad SMARTS) is 1. The van der Waals surface area contributed by atoms with Crippen LogP contribution in [0.3, 0.4) is 0 Å². The molecule has 2 N–H and O–H groups in total. The van der Waals surface area contributed by atoms with Crippen molar-refractivity contribution in [3.8, 4) is 0 Å². The number of carboxylic acids is 1. The van der Waals surface area contributed by atoms with E-state index in [0.717, 1.165) is 0 Å². The summed E-state index contributed by atoms with van der Waals surface area (Å²) in [5.74, 6) is -0.740. The van der Waals surface area contributed by atoms with E-state index in [9.17, 15) is 14.7 Å². The van der Waals surface area contributed by atoms with Gasteiger partial charge in [-0.2, -0.15) is 0 Å². The van der Waals surface area contributed by atoms with Gasteiger partial charge in [-0.25, -0.2) is 4.79 Å². The van der Waals surface area contributed by atoms with Crippen LogP contribution in [0.5, 0.6) is 0 Å². The van der Waals surface area contributed by atoms with Crippen LogP contribution in [0.15, 0.2) is 30.5 Å². The minimum Gasteiger partial charge on any atom is -0.478 e. The fourth-order valence-corrected chi connectivity index (χ4v) is 1.66. The van der Waals surface area contributed by atoms with Gasteiger partial charge in [0, 0.05) is 12.6 Å². The van der Waals surface area contributed by atoms with Crippen molar-refractivity contribution < 1.29 is 24.2 Å². The first-order chi connectivity index (χ1) is 9.90. The molecule has 0 aliphatic rings. The molecule has 0 unspecified atom stereocenters. The van der Waals surface area contributed by atoms with E-state index in [1.165, 1.54) is 13.0 Å². The molecule has 0 heterocycles. The number of hydrogen-bond acceptors (Lipinski definition) is 4. The predicted octanol–water partition coefficient (Wildman–Crippen LogP) is 2.41. The summed E-state index contributed by atoms with van der Waals surface area (Å²) in [5.41, 5.74) is 1.23. The van der Waals surface area contributed by atoms with Crippen molar-refractivity contribution in [2.75, 3.05) is 18.7 Å². The van der Waals surface area contributed by atoms with Crippen molar-refractivity contribution in [3.05, 3.63) is 41.7 Å². The third-order valence-electron chi connectivity index (χ3n) is 2.57. The Kier molecular flexibility index (Phi) is 6.42. The summed E-state index contributed by atoms with van der Waals surface area (Å²) in [5, 5.41) is 11.8. The average molecular weight is 293 g/mol. The van der Waals surface area contributed by atoms with E-state index in [-0.39, 0.29) is 18.3 Å². The van der Waals surface area contributed by atoms with Crippen LogP contribution in [0.1, 0.15) is 29.8 Å². The molecule has 1 rings (SSSR count). The van der Waals surface area contributed by atoms with Gasteiger partial charge in [0.25, 0.3) is 0 Å². The van der Waals surface area contributed by atoms with Crippen molar-refractivity contribution in [1.29, 1.82) is 0 Å². The Morgan fingerprint density at radius 2 is 2.05 bits per heavy atom. The van der Waals surface area contributed by atoms with Crippen LogP contribution in [-0.4, -0.2) is 30.4 Å². The third-order valence-corrected chi connectivity index (χ3v) is 2.57. The van der Waals surface area contributed by atoms with Crippen molar-refractivity contribution in [2.24, 2.45) is 0 Å². The number of carbonyl (C=O) groups is 2. The molecular formula is C15H19NO5. The fourth-order valence-electron chi connectivity index (χ4n) is 1.66. The molecule has 0 fully saturated rings. The number of hydrogen-bond donors (Lipinski definition) is 2. The number of allylic oxidation sites excluding steroid dienone is 1. The molecule has 6 heteroatoms. The normalized spacial score (nSPS) is 10.0. The van der Waals surface area contributed by atoms with E-state index < -0.39 is 5.97 Å². The Balaban J connectivity index is 2.66. The number of rotatable bonds is 8. The van der Waals surface area contributed by atoms with Gasteiger partial charge in [-0.15, -0.1) is 0 Å². The van der Waals surface area contributed by atoms with E-state index in [1.807, 2.05) is 0 Å². The van der Waals surface area contributed by atoms with E-state index >= 15 is 0 Å². The number of aromatic carboxylic acids is 1. The van der Waals surface area contributed by atoms with Crippen LogP contribution in [0, 0.1) is 0 Å². The second kappa shape index (κ2) is 8.06. The molecule has 6 nitrogen and oxygen atoms in total. The van der Waals surface area contributed by atoms with Crippen molar-refractivity contribution in [2.45, 2.75) is 20.3 Å². The Bertz CT molecular complexity index is 539. The van der Waals surface area contributed by atoms with Gasteiger partial charge in [-0.3, -0.25) is 4.79 Å². The van der Waals surface area contributed by atoms with Crippen LogP contribution in [0.25, 0.3) is 0 Å². The SMILES string of the molecule is C=C(C)OCOCCc1ccc(NC(C)=O)cc1C(=O)O. The lowest BCUT2D eigenvalue weighted by atomic mass is 10.0. The maximum atomic E-state index is 11.2. The molecule has 0 spiro atoms. The van der Waals surface area contributed by atoms with Crippen LogP contribution in [-0.2, 0) is 20.7 Å². The second-order valence-corrected chi connectivity index (χ2v) is 4.48. The third kappa shape index (κ3) is 6.09. The Labute approximate surface area is 123 Å². The minimum atomic E-state index is -1.05.